The van der Waals surface area contributed by atoms with Crippen LogP contribution < -0.4 is 20.3 Å². The van der Waals surface area contributed by atoms with Crippen LogP contribution in [0.15, 0.2) is 48.7 Å². The maximum atomic E-state index is 6.32. The zero-order valence-electron chi connectivity index (χ0n) is 17.6. The predicted molar refractivity (Wildman–Crippen MR) is 121 cm³/mol. The van der Waals surface area contributed by atoms with Gasteiger partial charge >= 0.3 is 0 Å². The van der Waals surface area contributed by atoms with Crippen molar-refractivity contribution in [2.75, 3.05) is 48.8 Å². The van der Waals surface area contributed by atoms with Crippen LogP contribution in [-0.4, -0.2) is 58.0 Å². The molecule has 0 bridgehead atoms. The van der Waals surface area contributed by atoms with E-state index in [4.69, 9.17) is 20.4 Å². The Morgan fingerprint density at radius 3 is 2.52 bits per heavy atom. The predicted octanol–water partition coefficient (Wildman–Crippen LogP) is 2.34. The number of aryl methyl sites for hydroxylation is 1. The van der Waals surface area contributed by atoms with Crippen molar-refractivity contribution >= 4 is 28.6 Å². The molecule has 2 N–H and O–H groups in total. The van der Waals surface area contributed by atoms with Gasteiger partial charge in [-0.3, -0.25) is 4.68 Å². The van der Waals surface area contributed by atoms with Gasteiger partial charge in [0.05, 0.1) is 18.2 Å². The van der Waals surface area contributed by atoms with Crippen molar-refractivity contribution in [3.8, 4) is 17.0 Å². The van der Waals surface area contributed by atoms with Crippen LogP contribution in [0.25, 0.3) is 22.3 Å². The van der Waals surface area contributed by atoms with E-state index < -0.39 is 0 Å². The number of anilines is 3. The maximum Gasteiger partial charge on any atom is 0.228 e. The molecule has 0 atom stereocenters. The minimum Gasteiger partial charge on any atom is -0.497 e. The molecule has 0 spiro atoms. The third-order valence-electron chi connectivity index (χ3n) is 5.61. The van der Waals surface area contributed by atoms with Gasteiger partial charge in [0.25, 0.3) is 0 Å². The van der Waals surface area contributed by atoms with Crippen molar-refractivity contribution in [1.29, 1.82) is 0 Å². The van der Waals surface area contributed by atoms with Gasteiger partial charge < -0.3 is 20.3 Å². The third-order valence-corrected chi connectivity index (χ3v) is 5.61. The number of pyridine rings is 1. The number of benzene rings is 1. The van der Waals surface area contributed by atoms with Gasteiger partial charge in [0.1, 0.15) is 17.4 Å². The summed E-state index contributed by atoms with van der Waals surface area (Å²) in [6.45, 7) is 3.28. The Labute approximate surface area is 180 Å². The summed E-state index contributed by atoms with van der Waals surface area (Å²) >= 11 is 0. The van der Waals surface area contributed by atoms with Gasteiger partial charge in [-0.1, -0.05) is 18.2 Å². The molecule has 1 saturated heterocycles. The minimum absolute atomic E-state index is 0.541. The molecular formula is C22H24N8O. The SMILES string of the molecule is COc1cccc(-c2nc(N3CCN(c4ccccn4)CC3)nc3nn(C)c(N)c23)c1. The zero-order chi connectivity index (χ0) is 21.4. The highest BCUT2D eigenvalue weighted by atomic mass is 16.5. The lowest BCUT2D eigenvalue weighted by atomic mass is 10.1. The molecule has 0 unspecified atom stereocenters. The Kier molecular flexibility index (Phi) is 4.78. The van der Waals surface area contributed by atoms with E-state index >= 15 is 0 Å². The molecule has 5 rings (SSSR count). The van der Waals surface area contributed by atoms with Crippen molar-refractivity contribution in [3.05, 3.63) is 48.7 Å². The lowest BCUT2D eigenvalue weighted by molar-refractivity contribution is 0.415. The van der Waals surface area contributed by atoms with E-state index in [0.29, 0.717) is 17.4 Å². The Hall–Kier alpha value is -3.88. The van der Waals surface area contributed by atoms with Gasteiger partial charge in [0, 0.05) is 45.0 Å². The summed E-state index contributed by atoms with van der Waals surface area (Å²) in [5.41, 5.74) is 8.59. The van der Waals surface area contributed by atoms with Gasteiger partial charge in [-0.25, -0.2) is 9.97 Å². The molecular weight excluding hydrogens is 392 g/mol. The highest BCUT2D eigenvalue weighted by Gasteiger charge is 2.23. The Balaban J connectivity index is 1.51. The number of ether oxygens (including phenoxy) is 1. The van der Waals surface area contributed by atoms with E-state index in [-0.39, 0.29) is 0 Å². The Bertz CT molecular complexity index is 1220. The summed E-state index contributed by atoms with van der Waals surface area (Å²) in [6.07, 6.45) is 1.82. The van der Waals surface area contributed by atoms with Crippen LogP contribution in [0.2, 0.25) is 0 Å². The fourth-order valence-electron chi connectivity index (χ4n) is 3.90. The molecule has 0 aliphatic carbocycles. The van der Waals surface area contributed by atoms with Crippen molar-refractivity contribution in [2.45, 2.75) is 0 Å². The van der Waals surface area contributed by atoms with Crippen LogP contribution in [0.5, 0.6) is 5.75 Å². The Morgan fingerprint density at radius 2 is 1.77 bits per heavy atom. The molecule has 0 amide bonds. The number of nitrogens with zero attached hydrogens (tertiary/aromatic N) is 7. The average Bonchev–Trinajstić information content (AvgIpc) is 3.12. The first-order valence-electron chi connectivity index (χ1n) is 10.2. The van der Waals surface area contributed by atoms with E-state index in [1.807, 2.05) is 55.7 Å². The van der Waals surface area contributed by atoms with Crippen LogP contribution in [-0.2, 0) is 7.05 Å². The van der Waals surface area contributed by atoms with Gasteiger partial charge in [-0.2, -0.15) is 10.1 Å². The van der Waals surface area contributed by atoms with E-state index in [1.165, 1.54) is 0 Å². The number of aromatic nitrogens is 5. The lowest BCUT2D eigenvalue weighted by Crippen LogP contribution is -2.47. The number of methoxy groups -OCH3 is 1. The molecule has 0 saturated carbocycles. The molecule has 4 aromatic rings. The summed E-state index contributed by atoms with van der Waals surface area (Å²) in [5, 5.41) is 5.28. The van der Waals surface area contributed by atoms with Gasteiger partial charge in [-0.05, 0) is 24.3 Å². The lowest BCUT2D eigenvalue weighted by Gasteiger charge is -2.35. The van der Waals surface area contributed by atoms with Crippen molar-refractivity contribution in [3.63, 3.8) is 0 Å². The van der Waals surface area contributed by atoms with Gasteiger partial charge in [-0.15, -0.1) is 0 Å². The second-order valence-corrected chi connectivity index (χ2v) is 7.47. The normalized spacial score (nSPS) is 14.3. The number of hydrogen-bond donors (Lipinski definition) is 1. The fraction of sp³-hybridized carbons (Fsp3) is 0.273. The highest BCUT2D eigenvalue weighted by Crippen LogP contribution is 2.33. The molecule has 4 heterocycles. The number of fused-ring (bicyclic) bond motifs is 1. The minimum atomic E-state index is 0.541. The van der Waals surface area contributed by atoms with Crippen LogP contribution in [0.3, 0.4) is 0 Å². The second kappa shape index (κ2) is 7.75. The molecule has 31 heavy (non-hydrogen) atoms. The van der Waals surface area contributed by atoms with Crippen LogP contribution >= 0.6 is 0 Å². The van der Waals surface area contributed by atoms with Crippen molar-refractivity contribution in [2.24, 2.45) is 7.05 Å². The average molecular weight is 416 g/mol. The molecule has 3 aromatic heterocycles. The molecule has 9 heteroatoms. The topological polar surface area (TPSA) is 98.2 Å². The monoisotopic (exact) mass is 416 g/mol. The molecule has 1 aromatic carbocycles. The first-order valence-corrected chi connectivity index (χ1v) is 10.2. The van der Waals surface area contributed by atoms with Crippen LogP contribution in [0, 0.1) is 0 Å². The molecule has 1 aliphatic rings. The number of nitrogen functional groups attached to an aromatic ring is 1. The van der Waals surface area contributed by atoms with E-state index in [2.05, 4.69) is 19.9 Å². The molecule has 1 aliphatic heterocycles. The van der Waals surface area contributed by atoms with Crippen LogP contribution in [0.4, 0.5) is 17.6 Å². The summed E-state index contributed by atoms with van der Waals surface area (Å²) in [6, 6.07) is 13.8. The quantitative estimate of drug-likeness (QED) is 0.541. The summed E-state index contributed by atoms with van der Waals surface area (Å²) in [7, 11) is 3.47. The largest absolute Gasteiger partial charge is 0.497 e. The molecule has 1 fully saturated rings. The highest BCUT2D eigenvalue weighted by molar-refractivity contribution is 5.99. The summed E-state index contributed by atoms with van der Waals surface area (Å²) in [5.74, 6) is 2.95. The zero-order valence-corrected chi connectivity index (χ0v) is 17.6. The van der Waals surface area contributed by atoms with Crippen LogP contribution in [0.1, 0.15) is 0 Å². The smallest absolute Gasteiger partial charge is 0.228 e. The molecule has 158 valence electrons. The fourth-order valence-corrected chi connectivity index (χ4v) is 3.90. The summed E-state index contributed by atoms with van der Waals surface area (Å²) < 4.78 is 7.05. The molecule has 9 nitrogen and oxygen atoms in total. The first kappa shape index (κ1) is 19.1. The summed E-state index contributed by atoms with van der Waals surface area (Å²) in [4.78, 5) is 18.6. The van der Waals surface area contributed by atoms with Crippen molar-refractivity contribution < 1.29 is 4.74 Å². The standard InChI is InChI=1S/C22H24N8O/c1-28-20(23)18-19(15-6-5-7-16(14-15)31-2)25-22(26-21(18)27-28)30-12-10-29(11-13-30)17-8-3-4-9-24-17/h3-9,14H,10-13,23H2,1-2H3. The number of piperazine rings is 1. The third kappa shape index (κ3) is 3.48. The number of hydrogen-bond acceptors (Lipinski definition) is 8. The number of nitrogens with two attached hydrogens (primary N) is 1. The van der Waals surface area contributed by atoms with E-state index in [1.54, 1.807) is 11.8 Å². The van der Waals surface area contributed by atoms with Gasteiger partial charge in [0.15, 0.2) is 5.65 Å². The van der Waals surface area contributed by atoms with E-state index in [0.717, 1.165) is 54.4 Å². The Morgan fingerprint density at radius 1 is 0.968 bits per heavy atom. The molecule has 0 radical (unpaired) electrons. The van der Waals surface area contributed by atoms with Gasteiger partial charge in [0.2, 0.25) is 5.95 Å². The maximum absolute atomic E-state index is 6.32. The van der Waals surface area contributed by atoms with Crippen molar-refractivity contribution in [1.82, 2.24) is 24.7 Å². The van der Waals surface area contributed by atoms with E-state index in [9.17, 15) is 0 Å². The first-order chi connectivity index (χ1) is 15.1. The number of rotatable bonds is 4. The second-order valence-electron chi connectivity index (χ2n) is 7.47.